The van der Waals surface area contributed by atoms with E-state index in [0.29, 0.717) is 37.3 Å². The van der Waals surface area contributed by atoms with Crippen molar-refractivity contribution in [1.82, 2.24) is 19.6 Å². The zero-order valence-corrected chi connectivity index (χ0v) is 30.8. The van der Waals surface area contributed by atoms with Crippen molar-refractivity contribution in [3.63, 3.8) is 0 Å². The van der Waals surface area contributed by atoms with Gasteiger partial charge in [-0.1, -0.05) is 32.9 Å². The second kappa shape index (κ2) is 21.9. The Balaban J connectivity index is 0.000000340. The van der Waals surface area contributed by atoms with Gasteiger partial charge in [-0.05, 0) is 69.0 Å². The van der Waals surface area contributed by atoms with E-state index in [9.17, 15) is 28.1 Å². The highest BCUT2D eigenvalue weighted by Crippen LogP contribution is 2.82. The summed E-state index contributed by atoms with van der Waals surface area (Å²) >= 11 is 4.69. The number of esters is 2. The Morgan fingerprint density at radius 3 is 1.71 bits per heavy atom. The summed E-state index contributed by atoms with van der Waals surface area (Å²) in [4.78, 5) is 35.1. The van der Waals surface area contributed by atoms with Crippen molar-refractivity contribution < 1.29 is 50.5 Å². The van der Waals surface area contributed by atoms with Gasteiger partial charge in [0, 0.05) is 12.4 Å². The van der Waals surface area contributed by atoms with Crippen molar-refractivity contribution in [3.8, 4) is 0 Å². The molecule has 0 atom stereocenters. The van der Waals surface area contributed by atoms with Gasteiger partial charge in [-0.25, -0.2) is 33.3 Å². The van der Waals surface area contributed by atoms with E-state index < -0.39 is 40.0 Å². The average Bonchev–Trinajstić information content (AvgIpc) is 3.46. The number of rotatable bonds is 11. The zero-order valence-electron chi connectivity index (χ0n) is 27.4. The van der Waals surface area contributed by atoms with Crippen LogP contribution in [0, 0.1) is 0 Å². The number of aromatic nitrogens is 4. The van der Waals surface area contributed by atoms with Gasteiger partial charge in [-0.15, -0.1) is 10.2 Å². The summed E-state index contributed by atoms with van der Waals surface area (Å²) < 4.78 is 62.9. The van der Waals surface area contributed by atoms with Gasteiger partial charge < -0.3 is 14.9 Å². The molecule has 268 valence electrons. The molecule has 1 aliphatic rings. The van der Waals surface area contributed by atoms with Crippen LogP contribution in [0.25, 0.3) is 5.65 Å². The molecule has 0 unspecified atom stereocenters. The van der Waals surface area contributed by atoms with E-state index in [1.165, 1.54) is 0 Å². The molecule has 4 heterocycles. The number of nitrogens with zero attached hydrogens (tertiary/aromatic N) is 4. The van der Waals surface area contributed by atoms with E-state index >= 15 is 0 Å². The van der Waals surface area contributed by atoms with Gasteiger partial charge in [0.25, 0.3) is 0 Å². The van der Waals surface area contributed by atoms with Crippen molar-refractivity contribution in [2.75, 3.05) is 37.1 Å². The molecule has 0 aromatic carbocycles. The lowest BCUT2D eigenvalue weighted by atomic mass is 10.4. The minimum absolute atomic E-state index is 0.109. The Hall–Kier alpha value is -3.00. The lowest BCUT2D eigenvalue weighted by Gasteiger charge is -2.33. The maximum absolute atomic E-state index is 12.3. The second-order valence-electron chi connectivity index (χ2n) is 9.27. The molecular formula is C27H42ClN6O11P3. The first-order chi connectivity index (χ1) is 22.7. The van der Waals surface area contributed by atoms with Crippen LogP contribution in [0.4, 0.5) is 5.82 Å². The molecule has 0 spiro atoms. The largest absolute Gasteiger partial charge is 0.460 e. The van der Waals surface area contributed by atoms with Crippen LogP contribution < -0.4 is 11.3 Å². The monoisotopic (exact) mass is 754 g/mol. The Morgan fingerprint density at radius 2 is 1.33 bits per heavy atom. The van der Waals surface area contributed by atoms with E-state index in [2.05, 4.69) is 25.3 Å². The molecule has 3 aromatic rings. The number of halogens is 1. The number of nitrogens with one attached hydrogen (secondary N) is 1. The average molecular weight is 755 g/mol. The molecule has 3 aromatic heterocycles. The maximum Gasteiger partial charge on any atom is 0.391 e. The first kappa shape index (κ1) is 43.0. The fraction of sp³-hybridized carbons (Fsp3) is 0.481. The molecule has 17 nitrogen and oxygen atoms in total. The maximum atomic E-state index is 12.3. The number of nitrogens with two attached hydrogens (primary N) is 1. The van der Waals surface area contributed by atoms with Crippen LogP contribution >= 0.6 is 34.4 Å². The lowest BCUT2D eigenvalue weighted by Crippen LogP contribution is -2.10. The first-order valence-electron chi connectivity index (χ1n) is 14.9. The molecule has 1 fully saturated rings. The lowest BCUT2D eigenvalue weighted by molar-refractivity contribution is -0.149. The Bertz CT molecular complexity index is 1520. The number of nitrogen functional groups attached to an aromatic ring is 1. The summed E-state index contributed by atoms with van der Waals surface area (Å²) in [5.41, 5.74) is 3.05. The normalized spacial score (nSPS) is 21.1. The smallest absolute Gasteiger partial charge is 0.391 e. The van der Waals surface area contributed by atoms with E-state index in [4.69, 9.17) is 35.1 Å². The van der Waals surface area contributed by atoms with Crippen molar-refractivity contribution in [1.29, 1.82) is 0 Å². The minimum atomic E-state index is -3.57. The molecule has 0 saturated carbocycles. The third kappa shape index (κ3) is 15.0. The topological polar surface area (TPSA) is 230 Å². The fourth-order valence-electron chi connectivity index (χ4n) is 3.49. The van der Waals surface area contributed by atoms with Crippen molar-refractivity contribution in [2.24, 2.45) is 5.84 Å². The molecule has 4 rings (SSSR count). The quantitative estimate of drug-likeness (QED) is 0.0535. The van der Waals surface area contributed by atoms with Crippen LogP contribution in [-0.4, -0.2) is 68.5 Å². The van der Waals surface area contributed by atoms with Crippen LogP contribution in [0.1, 0.15) is 64.5 Å². The molecule has 3 N–H and O–H groups in total. The van der Waals surface area contributed by atoms with Crippen LogP contribution in [0.2, 0.25) is 0 Å². The van der Waals surface area contributed by atoms with E-state index in [1.807, 2.05) is 18.2 Å². The predicted molar refractivity (Wildman–Crippen MR) is 180 cm³/mol. The van der Waals surface area contributed by atoms with Gasteiger partial charge in [0.1, 0.15) is 5.82 Å². The number of hydrogen-bond acceptors (Lipinski definition) is 16. The molecule has 0 amide bonds. The summed E-state index contributed by atoms with van der Waals surface area (Å²) in [6.45, 7) is 9.27. The van der Waals surface area contributed by atoms with Crippen LogP contribution in [-0.2, 0) is 45.7 Å². The van der Waals surface area contributed by atoms with Crippen LogP contribution in [0.3, 0.4) is 0 Å². The van der Waals surface area contributed by atoms with Crippen molar-refractivity contribution >= 4 is 63.0 Å². The summed E-state index contributed by atoms with van der Waals surface area (Å²) in [5, 5.41) is 6.51. The first-order valence-corrected chi connectivity index (χ1v) is 20.4. The predicted octanol–water partition coefficient (Wildman–Crippen LogP) is 6.45. The van der Waals surface area contributed by atoms with Gasteiger partial charge in [0.15, 0.2) is 5.65 Å². The molecule has 21 heteroatoms. The number of carbonyl (C=O) groups is 3. The number of pyridine rings is 2. The molecular weight excluding hydrogens is 713 g/mol. The number of carbonyl (C=O) groups excluding carboxylic acids is 3. The third-order valence-corrected chi connectivity index (χ3v) is 14.4. The number of fused-ring (bicyclic) bond motifs is 1. The van der Waals surface area contributed by atoms with Crippen LogP contribution in [0.15, 0.2) is 48.8 Å². The Kier molecular flexibility index (Phi) is 19.6. The highest BCUT2D eigenvalue weighted by atomic mass is 35.5. The minimum Gasteiger partial charge on any atom is -0.460 e. The zero-order chi connectivity index (χ0) is 36.2. The summed E-state index contributed by atoms with van der Waals surface area (Å²) in [7, 11) is -10.7. The Morgan fingerprint density at radius 1 is 0.812 bits per heavy atom. The standard InChI is InChI=1S/C9H9N3O2.C9H21O6P3.C5H7N3.C4H5ClO3/c1-2-14-9(13)8-11-10-7-5-3-4-6-12(7)8;1-4-7-16(10)13-17(11,8-5-2)15-18(12,14-16)9-6-3;6-8-5-3-1-2-4-7-5;1-2-8-4(7)3(5)6/h3-6H,2H2,1H3;4-9H2,1-3H3;1-4H,6H2,(H,7,8);2H2,1H3. The van der Waals surface area contributed by atoms with Gasteiger partial charge in [-0.3, -0.25) is 22.9 Å². The van der Waals surface area contributed by atoms with Gasteiger partial charge >= 0.3 is 40.0 Å². The summed E-state index contributed by atoms with van der Waals surface area (Å²) in [6, 6.07) is 10.9. The summed E-state index contributed by atoms with van der Waals surface area (Å²) in [5.74, 6) is 4.49. The molecule has 0 bridgehead atoms. The number of hydrogen-bond donors (Lipinski definition) is 2. The van der Waals surface area contributed by atoms with Crippen molar-refractivity contribution in [2.45, 2.75) is 53.9 Å². The third-order valence-electron chi connectivity index (χ3n) is 5.26. The number of hydrazine groups is 1. The highest BCUT2D eigenvalue weighted by molar-refractivity contribution is 7.80. The van der Waals surface area contributed by atoms with Gasteiger partial charge in [0.2, 0.25) is 5.82 Å². The summed E-state index contributed by atoms with van der Waals surface area (Å²) in [6.07, 6.45) is 5.34. The molecule has 1 aliphatic heterocycles. The second-order valence-corrected chi connectivity index (χ2v) is 16.6. The van der Waals surface area contributed by atoms with Gasteiger partial charge in [-0.2, -0.15) is 0 Å². The number of anilines is 1. The van der Waals surface area contributed by atoms with Gasteiger partial charge in [0.05, 0.1) is 31.7 Å². The van der Waals surface area contributed by atoms with E-state index in [0.717, 1.165) is 0 Å². The van der Waals surface area contributed by atoms with Crippen molar-refractivity contribution in [3.05, 3.63) is 54.6 Å². The highest BCUT2D eigenvalue weighted by Gasteiger charge is 2.51. The van der Waals surface area contributed by atoms with E-state index in [1.54, 1.807) is 69.6 Å². The fourth-order valence-corrected chi connectivity index (χ4v) is 12.9. The Labute approximate surface area is 284 Å². The number of ether oxygens (including phenoxy) is 2. The van der Waals surface area contributed by atoms with E-state index in [-0.39, 0.29) is 30.9 Å². The molecule has 1 saturated heterocycles. The van der Waals surface area contributed by atoms with Crippen LogP contribution in [0.5, 0.6) is 0 Å². The molecule has 48 heavy (non-hydrogen) atoms. The molecule has 0 radical (unpaired) electrons. The SMILES string of the molecule is CCCP1(=O)OP(=O)(CCC)OP(=O)(CCC)O1.CCOC(=O)C(=O)Cl.CCOC(=O)c1nnc2ccccn12.NNc1ccccn1. The molecule has 0 aliphatic carbocycles.